The Morgan fingerprint density at radius 2 is 1.93 bits per heavy atom. The predicted molar refractivity (Wildman–Crippen MR) is 101 cm³/mol. The maximum Gasteiger partial charge on any atom is 0.325 e. The second-order valence-electron chi connectivity index (χ2n) is 6.53. The number of nitrogens with zero attached hydrogens (tertiary/aromatic N) is 2. The molecule has 12 nitrogen and oxygen atoms in total. The molecule has 0 radical (unpaired) electrons. The number of carboxylic acid groups (broad SMARTS) is 1. The molecular formula is C16H29N7O5. The minimum Gasteiger partial charge on any atom is -0.480 e. The zero-order chi connectivity index (χ0) is 21.3. The Morgan fingerprint density at radius 1 is 1.25 bits per heavy atom. The van der Waals surface area contributed by atoms with Gasteiger partial charge in [-0.1, -0.05) is 0 Å². The lowest BCUT2D eigenvalue weighted by Crippen LogP contribution is -2.55. The minimum atomic E-state index is -1.17. The van der Waals surface area contributed by atoms with Crippen LogP contribution in [0, 0.1) is 0 Å². The number of nitrogens with two attached hydrogens (primary N) is 3. The summed E-state index contributed by atoms with van der Waals surface area (Å²) in [5.74, 6) is -2.70. The molecule has 158 valence electrons. The second-order valence-corrected chi connectivity index (χ2v) is 6.53. The molecule has 0 aromatic heterocycles. The maximum atomic E-state index is 12.9. The highest BCUT2D eigenvalue weighted by Gasteiger charge is 2.38. The molecule has 12 heteroatoms. The highest BCUT2D eigenvalue weighted by molar-refractivity contribution is 5.94. The molecule has 3 unspecified atom stereocenters. The van der Waals surface area contributed by atoms with Gasteiger partial charge in [-0.2, -0.15) is 0 Å². The molecule has 3 amide bonds. The normalized spacial score (nSPS) is 18.1. The van der Waals surface area contributed by atoms with Gasteiger partial charge in [0.1, 0.15) is 18.1 Å². The van der Waals surface area contributed by atoms with Gasteiger partial charge in [-0.05, 0) is 32.6 Å². The molecule has 0 aliphatic carbocycles. The number of hydrogen-bond donors (Lipinski definition) is 6. The minimum absolute atomic E-state index is 0.0716. The third-order valence-corrected chi connectivity index (χ3v) is 4.33. The lowest BCUT2D eigenvalue weighted by Gasteiger charge is -2.29. The number of amides is 3. The van der Waals surface area contributed by atoms with Crippen molar-refractivity contribution in [2.75, 3.05) is 19.6 Å². The van der Waals surface area contributed by atoms with Gasteiger partial charge in [-0.25, -0.2) is 0 Å². The molecule has 28 heavy (non-hydrogen) atoms. The van der Waals surface area contributed by atoms with Crippen molar-refractivity contribution in [1.82, 2.24) is 15.5 Å². The van der Waals surface area contributed by atoms with Crippen LogP contribution in [0.4, 0.5) is 0 Å². The van der Waals surface area contributed by atoms with Crippen LogP contribution in [0.1, 0.15) is 32.6 Å². The van der Waals surface area contributed by atoms with Gasteiger partial charge in [-0.3, -0.25) is 24.2 Å². The van der Waals surface area contributed by atoms with E-state index in [4.69, 9.17) is 22.3 Å². The third-order valence-electron chi connectivity index (χ3n) is 4.33. The van der Waals surface area contributed by atoms with E-state index in [9.17, 15) is 19.2 Å². The average Bonchev–Trinajstić information content (AvgIpc) is 3.12. The Balaban J connectivity index is 2.83. The number of carbonyl (C=O) groups excluding carboxylic acids is 3. The summed E-state index contributed by atoms with van der Waals surface area (Å²) in [5, 5.41) is 13.9. The lowest BCUT2D eigenvalue weighted by atomic mass is 10.1. The van der Waals surface area contributed by atoms with E-state index >= 15 is 0 Å². The van der Waals surface area contributed by atoms with E-state index in [0.29, 0.717) is 25.8 Å². The fourth-order valence-corrected chi connectivity index (χ4v) is 2.89. The number of nitrogens with one attached hydrogen (secondary N) is 2. The summed E-state index contributed by atoms with van der Waals surface area (Å²) in [4.78, 5) is 53.2. The topological polar surface area (TPSA) is 206 Å². The van der Waals surface area contributed by atoms with Gasteiger partial charge in [0, 0.05) is 13.1 Å². The van der Waals surface area contributed by atoms with Crippen LogP contribution < -0.4 is 27.8 Å². The van der Waals surface area contributed by atoms with E-state index in [-0.39, 0.29) is 25.5 Å². The number of aliphatic carboxylic acids is 1. The molecule has 1 rings (SSSR count). The summed E-state index contributed by atoms with van der Waals surface area (Å²) in [5.41, 5.74) is 15.8. The lowest BCUT2D eigenvalue weighted by molar-refractivity contribution is -0.144. The van der Waals surface area contributed by atoms with E-state index < -0.39 is 41.8 Å². The number of rotatable bonds is 10. The number of carboxylic acids is 1. The molecule has 0 bridgehead atoms. The number of carbonyl (C=O) groups is 4. The average molecular weight is 399 g/mol. The van der Waals surface area contributed by atoms with Crippen molar-refractivity contribution in [3.63, 3.8) is 0 Å². The van der Waals surface area contributed by atoms with Gasteiger partial charge in [0.25, 0.3) is 0 Å². The Morgan fingerprint density at radius 3 is 2.50 bits per heavy atom. The Hall–Kier alpha value is -2.89. The molecule has 3 atom stereocenters. The largest absolute Gasteiger partial charge is 0.480 e. The Bertz CT molecular complexity index is 621. The van der Waals surface area contributed by atoms with Crippen LogP contribution in [0.5, 0.6) is 0 Å². The third kappa shape index (κ3) is 7.02. The van der Waals surface area contributed by atoms with Crippen LogP contribution in [0.25, 0.3) is 0 Å². The molecule has 1 saturated heterocycles. The van der Waals surface area contributed by atoms with Crippen LogP contribution in [-0.4, -0.2) is 77.4 Å². The van der Waals surface area contributed by atoms with Crippen molar-refractivity contribution in [1.29, 1.82) is 0 Å². The standard InChI is InChI=1S/C16H29N7O5/c1-9(15(27)28)21-13(25)11-5-3-7-23(11)14(26)10(22-12(24)8-17)4-2-6-20-16(18)19/h9-11H,2-8,17H2,1H3,(H,21,25)(H,22,24)(H,27,28)(H4,18,19,20). The van der Waals surface area contributed by atoms with E-state index in [0.717, 1.165) is 0 Å². The molecule has 1 heterocycles. The monoisotopic (exact) mass is 399 g/mol. The van der Waals surface area contributed by atoms with Crippen LogP contribution in [0.3, 0.4) is 0 Å². The van der Waals surface area contributed by atoms with Crippen molar-refractivity contribution in [2.24, 2.45) is 22.2 Å². The number of guanidine groups is 1. The quantitative estimate of drug-likeness (QED) is 0.127. The first-order chi connectivity index (χ1) is 13.2. The molecule has 1 aliphatic heterocycles. The van der Waals surface area contributed by atoms with Gasteiger partial charge in [0.15, 0.2) is 5.96 Å². The van der Waals surface area contributed by atoms with E-state index in [1.54, 1.807) is 0 Å². The van der Waals surface area contributed by atoms with Crippen molar-refractivity contribution in [3.8, 4) is 0 Å². The first-order valence-electron chi connectivity index (χ1n) is 9.05. The van der Waals surface area contributed by atoms with E-state index in [1.165, 1.54) is 11.8 Å². The van der Waals surface area contributed by atoms with Crippen LogP contribution in [0.2, 0.25) is 0 Å². The van der Waals surface area contributed by atoms with Crippen molar-refractivity contribution < 1.29 is 24.3 Å². The molecule has 0 aromatic carbocycles. The fourth-order valence-electron chi connectivity index (χ4n) is 2.89. The Labute approximate surface area is 162 Å². The van der Waals surface area contributed by atoms with Crippen LogP contribution >= 0.6 is 0 Å². The summed E-state index contributed by atoms with van der Waals surface area (Å²) in [6.45, 7) is 1.68. The van der Waals surface area contributed by atoms with Gasteiger partial charge >= 0.3 is 5.97 Å². The van der Waals surface area contributed by atoms with Gasteiger partial charge in [0.05, 0.1) is 6.54 Å². The van der Waals surface area contributed by atoms with Crippen molar-refractivity contribution in [3.05, 3.63) is 0 Å². The van der Waals surface area contributed by atoms with Gasteiger partial charge < -0.3 is 37.8 Å². The number of likely N-dealkylation sites (tertiary alicyclic amines) is 1. The number of aliphatic imine (C=N–C) groups is 1. The molecule has 1 fully saturated rings. The summed E-state index contributed by atoms with van der Waals surface area (Å²) in [7, 11) is 0. The summed E-state index contributed by atoms with van der Waals surface area (Å²) >= 11 is 0. The molecule has 0 spiro atoms. The molecule has 9 N–H and O–H groups in total. The molecular weight excluding hydrogens is 370 g/mol. The van der Waals surface area contributed by atoms with Gasteiger partial charge in [0.2, 0.25) is 17.7 Å². The molecule has 0 aromatic rings. The molecule has 1 aliphatic rings. The van der Waals surface area contributed by atoms with E-state index in [2.05, 4.69) is 15.6 Å². The van der Waals surface area contributed by atoms with Crippen molar-refractivity contribution >= 4 is 29.7 Å². The summed E-state index contributed by atoms with van der Waals surface area (Å²) in [6.07, 6.45) is 1.70. The summed E-state index contributed by atoms with van der Waals surface area (Å²) < 4.78 is 0. The SMILES string of the molecule is CC(NC(=O)C1CCCN1C(=O)C(CCCN=C(N)N)NC(=O)CN)C(=O)O. The van der Waals surface area contributed by atoms with Crippen LogP contribution in [0.15, 0.2) is 4.99 Å². The zero-order valence-corrected chi connectivity index (χ0v) is 15.9. The predicted octanol–water partition coefficient (Wildman–Crippen LogP) is -2.94. The highest BCUT2D eigenvalue weighted by Crippen LogP contribution is 2.20. The fraction of sp³-hybridized carbons (Fsp3) is 0.688. The molecule has 0 saturated carbocycles. The Kier molecular flexibility index (Phi) is 9.15. The maximum absolute atomic E-state index is 12.9. The highest BCUT2D eigenvalue weighted by atomic mass is 16.4. The van der Waals surface area contributed by atoms with Gasteiger partial charge in [-0.15, -0.1) is 0 Å². The van der Waals surface area contributed by atoms with Crippen molar-refractivity contribution in [2.45, 2.75) is 50.7 Å². The van der Waals surface area contributed by atoms with Crippen LogP contribution in [-0.2, 0) is 19.2 Å². The summed E-state index contributed by atoms with van der Waals surface area (Å²) in [6, 6.07) is -2.74. The zero-order valence-electron chi connectivity index (χ0n) is 15.9. The van der Waals surface area contributed by atoms with E-state index in [1.807, 2.05) is 0 Å². The first-order valence-corrected chi connectivity index (χ1v) is 9.05. The number of hydrogen-bond acceptors (Lipinski definition) is 6. The first kappa shape index (κ1) is 23.1. The smallest absolute Gasteiger partial charge is 0.325 e. The second kappa shape index (κ2) is 11.1.